The fourth-order valence-electron chi connectivity index (χ4n) is 1.81. The maximum absolute atomic E-state index is 5.67. The molecule has 0 aromatic carbocycles. The van der Waals surface area contributed by atoms with Crippen LogP contribution in [0.15, 0.2) is 0 Å². The molecule has 2 nitrogen and oxygen atoms in total. The Morgan fingerprint density at radius 3 is 2.62 bits per heavy atom. The summed E-state index contributed by atoms with van der Waals surface area (Å²) in [7, 11) is 2.20. The summed E-state index contributed by atoms with van der Waals surface area (Å²) < 4.78 is 5.67. The maximum atomic E-state index is 5.67. The molecule has 1 saturated heterocycles. The molecule has 0 bridgehead atoms. The second-order valence-corrected chi connectivity index (χ2v) is 4.50. The van der Waals surface area contributed by atoms with Crippen LogP contribution in [0.25, 0.3) is 0 Å². The molecular weight excluding hydrogens is 162 g/mol. The van der Waals surface area contributed by atoms with Gasteiger partial charge in [0.15, 0.2) is 0 Å². The fraction of sp³-hybridized carbons (Fsp3) is 1.00. The molecule has 1 heterocycles. The Bertz CT molecular complexity index is 147. The minimum Gasteiger partial charge on any atom is -0.378 e. The first kappa shape index (κ1) is 11.0. The summed E-state index contributed by atoms with van der Waals surface area (Å²) in [5.74, 6) is 0.761. The van der Waals surface area contributed by atoms with Crippen molar-refractivity contribution in [1.82, 2.24) is 4.90 Å². The zero-order chi connectivity index (χ0) is 9.84. The Labute approximate surface area is 82.3 Å². The van der Waals surface area contributed by atoms with Crippen molar-refractivity contribution in [1.29, 1.82) is 0 Å². The zero-order valence-electron chi connectivity index (χ0n) is 9.42. The normalized spacial score (nSPS) is 29.1. The van der Waals surface area contributed by atoms with E-state index in [1.807, 2.05) is 0 Å². The van der Waals surface area contributed by atoms with E-state index < -0.39 is 0 Å². The highest BCUT2D eigenvalue weighted by Crippen LogP contribution is 2.22. The number of rotatable bonds is 4. The van der Waals surface area contributed by atoms with Gasteiger partial charge in [-0.15, -0.1) is 0 Å². The first-order valence-electron chi connectivity index (χ1n) is 5.45. The van der Waals surface area contributed by atoms with Crippen LogP contribution in [0.4, 0.5) is 0 Å². The highest BCUT2D eigenvalue weighted by molar-refractivity contribution is 4.75. The van der Waals surface area contributed by atoms with Crippen LogP contribution in [-0.2, 0) is 4.74 Å². The van der Waals surface area contributed by atoms with E-state index in [0.717, 1.165) is 12.5 Å². The number of hydrogen-bond acceptors (Lipinski definition) is 2. The second kappa shape index (κ2) is 4.97. The largest absolute Gasteiger partial charge is 0.378 e. The summed E-state index contributed by atoms with van der Waals surface area (Å²) in [4.78, 5) is 2.41. The molecule has 13 heavy (non-hydrogen) atoms. The van der Waals surface area contributed by atoms with Gasteiger partial charge in [0, 0.05) is 12.6 Å². The van der Waals surface area contributed by atoms with Crippen LogP contribution in [0.2, 0.25) is 0 Å². The first-order valence-corrected chi connectivity index (χ1v) is 5.45. The van der Waals surface area contributed by atoms with Crippen molar-refractivity contribution in [3.8, 4) is 0 Å². The smallest absolute Gasteiger partial charge is 0.0576 e. The van der Waals surface area contributed by atoms with Gasteiger partial charge >= 0.3 is 0 Å². The van der Waals surface area contributed by atoms with Crippen molar-refractivity contribution >= 4 is 0 Å². The van der Waals surface area contributed by atoms with Crippen LogP contribution in [0, 0.1) is 5.92 Å². The van der Waals surface area contributed by atoms with Crippen LogP contribution >= 0.6 is 0 Å². The molecule has 0 aromatic heterocycles. The van der Waals surface area contributed by atoms with Gasteiger partial charge in [0.1, 0.15) is 0 Å². The molecular formula is C11H23NO. The van der Waals surface area contributed by atoms with E-state index in [2.05, 4.69) is 32.7 Å². The lowest BCUT2D eigenvalue weighted by atomic mass is 10.0. The predicted octanol–water partition coefficient (Wildman–Crippen LogP) is 2.14. The quantitative estimate of drug-likeness (QED) is 0.665. The van der Waals surface area contributed by atoms with Crippen LogP contribution in [0.5, 0.6) is 0 Å². The Kier molecular flexibility index (Phi) is 4.20. The van der Waals surface area contributed by atoms with Crippen molar-refractivity contribution in [2.75, 3.05) is 20.2 Å². The fourth-order valence-corrected chi connectivity index (χ4v) is 1.81. The molecule has 0 radical (unpaired) electrons. The molecule has 0 aliphatic carbocycles. The van der Waals surface area contributed by atoms with Gasteiger partial charge in [0.2, 0.25) is 0 Å². The average Bonchev–Trinajstić information content (AvgIpc) is 2.52. The van der Waals surface area contributed by atoms with E-state index in [9.17, 15) is 0 Å². The van der Waals surface area contributed by atoms with E-state index >= 15 is 0 Å². The van der Waals surface area contributed by atoms with E-state index in [4.69, 9.17) is 4.74 Å². The molecule has 0 amide bonds. The SMILES string of the molecule is CCC1CC(CN(C)C(C)C)CO1. The van der Waals surface area contributed by atoms with Gasteiger partial charge in [-0.3, -0.25) is 0 Å². The van der Waals surface area contributed by atoms with Crippen LogP contribution in [0.3, 0.4) is 0 Å². The molecule has 0 aromatic rings. The third kappa shape index (κ3) is 3.28. The monoisotopic (exact) mass is 185 g/mol. The molecule has 2 unspecified atom stereocenters. The molecule has 0 spiro atoms. The molecule has 1 rings (SSSR count). The zero-order valence-corrected chi connectivity index (χ0v) is 9.42. The predicted molar refractivity (Wildman–Crippen MR) is 55.9 cm³/mol. The van der Waals surface area contributed by atoms with Gasteiger partial charge in [-0.1, -0.05) is 6.92 Å². The topological polar surface area (TPSA) is 12.5 Å². The molecule has 1 aliphatic rings. The van der Waals surface area contributed by atoms with Gasteiger partial charge < -0.3 is 9.64 Å². The lowest BCUT2D eigenvalue weighted by molar-refractivity contribution is 0.100. The minimum absolute atomic E-state index is 0.533. The van der Waals surface area contributed by atoms with Crippen molar-refractivity contribution in [2.24, 2.45) is 5.92 Å². The van der Waals surface area contributed by atoms with Gasteiger partial charge in [0.25, 0.3) is 0 Å². The summed E-state index contributed by atoms with van der Waals surface area (Å²) in [5.41, 5.74) is 0. The molecule has 1 aliphatic heterocycles. The number of hydrogen-bond donors (Lipinski definition) is 0. The summed E-state index contributed by atoms with van der Waals surface area (Å²) in [6, 6.07) is 0.653. The minimum atomic E-state index is 0.533. The van der Waals surface area contributed by atoms with Gasteiger partial charge in [-0.25, -0.2) is 0 Å². The van der Waals surface area contributed by atoms with Crippen LogP contribution < -0.4 is 0 Å². The summed E-state index contributed by atoms with van der Waals surface area (Å²) >= 11 is 0. The molecule has 1 fully saturated rings. The molecule has 2 atom stereocenters. The summed E-state index contributed by atoms with van der Waals surface area (Å²) in [6.07, 6.45) is 2.96. The second-order valence-electron chi connectivity index (χ2n) is 4.50. The van der Waals surface area contributed by atoms with Crippen molar-refractivity contribution in [3.63, 3.8) is 0 Å². The summed E-state index contributed by atoms with van der Waals surface area (Å²) in [5, 5.41) is 0. The first-order chi connectivity index (χ1) is 6.13. The average molecular weight is 185 g/mol. The van der Waals surface area contributed by atoms with Crippen molar-refractivity contribution in [2.45, 2.75) is 45.8 Å². The molecule has 0 N–H and O–H groups in total. The van der Waals surface area contributed by atoms with E-state index in [0.29, 0.717) is 12.1 Å². The van der Waals surface area contributed by atoms with Gasteiger partial charge in [-0.05, 0) is 39.7 Å². The standard InChI is InChI=1S/C11H23NO/c1-5-11-6-10(8-13-11)7-12(4)9(2)3/h9-11H,5-8H2,1-4H3. The highest BCUT2D eigenvalue weighted by Gasteiger charge is 2.25. The van der Waals surface area contributed by atoms with E-state index in [-0.39, 0.29) is 0 Å². The van der Waals surface area contributed by atoms with Gasteiger partial charge in [-0.2, -0.15) is 0 Å². The van der Waals surface area contributed by atoms with Crippen molar-refractivity contribution in [3.05, 3.63) is 0 Å². The Morgan fingerprint density at radius 2 is 2.15 bits per heavy atom. The van der Waals surface area contributed by atoms with Crippen molar-refractivity contribution < 1.29 is 4.74 Å². The van der Waals surface area contributed by atoms with E-state index in [1.165, 1.54) is 19.4 Å². The summed E-state index contributed by atoms with van der Waals surface area (Å²) in [6.45, 7) is 8.85. The molecule has 0 saturated carbocycles. The third-order valence-electron chi connectivity index (χ3n) is 3.05. The Balaban J connectivity index is 2.23. The molecule has 2 heteroatoms. The molecule has 78 valence electrons. The van der Waals surface area contributed by atoms with Gasteiger partial charge in [0.05, 0.1) is 12.7 Å². The lowest BCUT2D eigenvalue weighted by Crippen LogP contribution is -2.31. The van der Waals surface area contributed by atoms with E-state index in [1.54, 1.807) is 0 Å². The number of nitrogens with zero attached hydrogens (tertiary/aromatic N) is 1. The lowest BCUT2D eigenvalue weighted by Gasteiger charge is -2.23. The Morgan fingerprint density at radius 1 is 1.46 bits per heavy atom. The number of ether oxygens (including phenoxy) is 1. The Hall–Kier alpha value is -0.0800. The maximum Gasteiger partial charge on any atom is 0.0576 e. The highest BCUT2D eigenvalue weighted by atomic mass is 16.5. The van der Waals surface area contributed by atoms with Crippen LogP contribution in [0.1, 0.15) is 33.6 Å². The third-order valence-corrected chi connectivity index (χ3v) is 3.05. The van der Waals surface area contributed by atoms with Crippen LogP contribution in [-0.4, -0.2) is 37.2 Å².